The summed E-state index contributed by atoms with van der Waals surface area (Å²) >= 11 is 1.72. The SMILES string of the molecule is CCCCCc1nc2cscc2n1Cc1ccc(-c2ccccc2-c2nnnn2C(c2ccccc2)(c2ccccc2)c2ccccc2)cc1. The van der Waals surface area contributed by atoms with Crippen LogP contribution in [0.25, 0.3) is 33.5 Å². The van der Waals surface area contributed by atoms with Crippen LogP contribution in [0, 0.1) is 0 Å². The van der Waals surface area contributed by atoms with Crippen molar-refractivity contribution in [3.05, 3.63) is 178 Å². The molecule has 0 saturated heterocycles. The molecule has 246 valence electrons. The van der Waals surface area contributed by atoms with Crippen molar-refractivity contribution in [2.24, 2.45) is 0 Å². The molecule has 8 aromatic rings. The zero-order valence-electron chi connectivity index (χ0n) is 28.1. The fraction of sp³-hybridized carbons (Fsp3) is 0.163. The van der Waals surface area contributed by atoms with Crippen LogP contribution in [0.3, 0.4) is 0 Å². The number of hydrogen-bond donors (Lipinski definition) is 0. The summed E-state index contributed by atoms with van der Waals surface area (Å²) < 4.78 is 4.40. The molecule has 0 aliphatic heterocycles. The first kappa shape index (κ1) is 31.6. The Bertz CT molecular complexity index is 2210. The number of nitrogens with zero attached hydrogens (tertiary/aromatic N) is 6. The minimum Gasteiger partial charge on any atom is -0.323 e. The predicted molar refractivity (Wildman–Crippen MR) is 203 cm³/mol. The number of aromatic nitrogens is 6. The first-order valence-electron chi connectivity index (χ1n) is 17.3. The molecule has 0 atom stereocenters. The van der Waals surface area contributed by atoms with Gasteiger partial charge in [-0.15, -0.1) is 16.4 Å². The molecular formula is C43H38N6S. The van der Waals surface area contributed by atoms with Gasteiger partial charge in [0.05, 0.1) is 11.0 Å². The lowest BCUT2D eigenvalue weighted by Gasteiger charge is -2.36. The summed E-state index contributed by atoms with van der Waals surface area (Å²) in [6.07, 6.45) is 4.59. The number of rotatable bonds is 12. The molecule has 0 aliphatic rings. The van der Waals surface area contributed by atoms with Gasteiger partial charge in [-0.2, -0.15) is 0 Å². The highest BCUT2D eigenvalue weighted by Crippen LogP contribution is 2.43. The molecule has 0 fully saturated rings. The van der Waals surface area contributed by atoms with Crippen molar-refractivity contribution in [3.63, 3.8) is 0 Å². The summed E-state index contributed by atoms with van der Waals surface area (Å²) in [5.74, 6) is 1.87. The highest BCUT2D eigenvalue weighted by atomic mass is 32.1. The van der Waals surface area contributed by atoms with E-state index in [-0.39, 0.29) is 0 Å². The van der Waals surface area contributed by atoms with Crippen LogP contribution in [0.15, 0.2) is 150 Å². The fourth-order valence-electron chi connectivity index (χ4n) is 7.20. The van der Waals surface area contributed by atoms with Crippen LogP contribution in [0.1, 0.15) is 54.3 Å². The fourth-order valence-corrected chi connectivity index (χ4v) is 7.94. The molecule has 0 spiro atoms. The van der Waals surface area contributed by atoms with Crippen LogP contribution in [0.2, 0.25) is 0 Å². The third-order valence-corrected chi connectivity index (χ3v) is 10.3. The first-order chi connectivity index (χ1) is 24.8. The monoisotopic (exact) mass is 670 g/mol. The molecule has 0 amide bonds. The lowest BCUT2D eigenvalue weighted by Crippen LogP contribution is -2.39. The molecule has 7 heteroatoms. The quantitative estimate of drug-likeness (QED) is 0.0959. The average molecular weight is 671 g/mol. The van der Waals surface area contributed by atoms with Gasteiger partial charge in [-0.3, -0.25) is 0 Å². The van der Waals surface area contributed by atoms with Gasteiger partial charge in [-0.25, -0.2) is 9.67 Å². The molecule has 8 rings (SSSR count). The van der Waals surface area contributed by atoms with Gasteiger partial charge in [0, 0.05) is 29.3 Å². The Hall–Kier alpha value is -5.66. The molecule has 6 nitrogen and oxygen atoms in total. The third-order valence-electron chi connectivity index (χ3n) is 9.61. The van der Waals surface area contributed by atoms with Gasteiger partial charge in [-0.1, -0.05) is 159 Å². The van der Waals surface area contributed by atoms with E-state index in [1.807, 2.05) is 22.9 Å². The number of benzene rings is 5. The Morgan fingerprint density at radius 1 is 0.640 bits per heavy atom. The highest BCUT2D eigenvalue weighted by molar-refractivity contribution is 7.09. The minimum atomic E-state index is -0.827. The Labute approximate surface area is 296 Å². The van der Waals surface area contributed by atoms with Crippen LogP contribution in [0.4, 0.5) is 0 Å². The number of unbranched alkanes of at least 4 members (excludes halogenated alkanes) is 2. The standard InChI is InChI=1S/C43H38N6S/c1-2-3-7-24-41-44-39-30-50-31-40(39)48(41)29-32-25-27-33(28-26-32)37-22-14-15-23-38(37)42-45-46-47-49(42)43(34-16-8-4-9-17-34,35-18-10-5-11-19-35)36-20-12-6-13-21-36/h4-6,8-23,25-28,30-31H,2-3,7,24,29H2,1H3. The van der Waals surface area contributed by atoms with Gasteiger partial charge >= 0.3 is 0 Å². The van der Waals surface area contributed by atoms with Crippen molar-refractivity contribution in [2.75, 3.05) is 0 Å². The van der Waals surface area contributed by atoms with Gasteiger partial charge in [0.25, 0.3) is 0 Å². The second-order valence-corrected chi connectivity index (χ2v) is 13.4. The van der Waals surface area contributed by atoms with Gasteiger partial charge in [0.15, 0.2) is 5.82 Å². The van der Waals surface area contributed by atoms with Gasteiger partial charge in [0.1, 0.15) is 11.4 Å². The molecule has 3 aromatic heterocycles. The molecule has 5 aromatic carbocycles. The second-order valence-electron chi connectivity index (χ2n) is 12.7. The maximum absolute atomic E-state index is 4.99. The normalized spacial score (nSPS) is 11.7. The second kappa shape index (κ2) is 14.1. The van der Waals surface area contributed by atoms with Crippen molar-refractivity contribution in [1.82, 2.24) is 29.8 Å². The molecule has 0 N–H and O–H groups in total. The molecule has 50 heavy (non-hydrogen) atoms. The molecule has 3 heterocycles. The van der Waals surface area contributed by atoms with Gasteiger partial charge in [0.2, 0.25) is 0 Å². The third kappa shape index (κ3) is 5.73. The number of fused-ring (bicyclic) bond motifs is 1. The van der Waals surface area contributed by atoms with Crippen molar-refractivity contribution in [3.8, 4) is 22.5 Å². The van der Waals surface area contributed by atoms with Gasteiger partial charge < -0.3 is 4.57 Å². The van der Waals surface area contributed by atoms with Crippen molar-refractivity contribution in [1.29, 1.82) is 0 Å². The topological polar surface area (TPSA) is 61.4 Å². The zero-order chi connectivity index (χ0) is 33.8. The molecule has 0 aliphatic carbocycles. The van der Waals surface area contributed by atoms with Crippen molar-refractivity contribution >= 4 is 22.4 Å². The summed E-state index contributed by atoms with van der Waals surface area (Å²) in [5.41, 5.74) is 9.10. The van der Waals surface area contributed by atoms with Crippen LogP contribution >= 0.6 is 11.3 Å². The first-order valence-corrected chi connectivity index (χ1v) is 18.3. The number of imidazole rings is 1. The Morgan fingerprint density at radius 2 is 1.24 bits per heavy atom. The molecule has 0 unspecified atom stereocenters. The molecular weight excluding hydrogens is 633 g/mol. The Kier molecular flexibility index (Phi) is 8.88. The summed E-state index contributed by atoms with van der Waals surface area (Å²) in [6.45, 7) is 3.04. The maximum atomic E-state index is 4.99. The summed E-state index contributed by atoms with van der Waals surface area (Å²) in [4.78, 5) is 4.99. The molecule has 0 radical (unpaired) electrons. The van der Waals surface area contributed by atoms with E-state index in [0.717, 1.165) is 58.3 Å². The van der Waals surface area contributed by atoms with Crippen LogP contribution < -0.4 is 0 Å². The van der Waals surface area contributed by atoms with E-state index in [9.17, 15) is 0 Å². The molecule has 0 bridgehead atoms. The van der Waals surface area contributed by atoms with Crippen LogP contribution in [0.5, 0.6) is 0 Å². The van der Waals surface area contributed by atoms with Crippen LogP contribution in [-0.4, -0.2) is 29.8 Å². The predicted octanol–water partition coefficient (Wildman–Crippen LogP) is 10.0. The summed E-state index contributed by atoms with van der Waals surface area (Å²) in [6, 6.07) is 49.0. The Balaban J connectivity index is 1.21. The van der Waals surface area contributed by atoms with E-state index >= 15 is 0 Å². The van der Waals surface area contributed by atoms with Crippen molar-refractivity contribution < 1.29 is 0 Å². The Morgan fingerprint density at radius 3 is 1.86 bits per heavy atom. The number of thiophene rings is 1. The van der Waals surface area contributed by atoms with E-state index < -0.39 is 5.54 Å². The van der Waals surface area contributed by atoms with E-state index in [4.69, 9.17) is 15.3 Å². The lowest BCUT2D eigenvalue weighted by molar-refractivity contribution is 0.451. The summed E-state index contributed by atoms with van der Waals surface area (Å²) in [5, 5.41) is 18.2. The smallest absolute Gasteiger partial charge is 0.184 e. The number of tetrazole rings is 1. The average Bonchev–Trinajstić information content (AvgIpc) is 3.93. The van der Waals surface area contributed by atoms with E-state index in [2.05, 4.69) is 149 Å². The van der Waals surface area contributed by atoms with E-state index in [1.165, 1.54) is 29.7 Å². The molecule has 0 saturated carbocycles. The van der Waals surface area contributed by atoms with E-state index in [1.54, 1.807) is 11.3 Å². The van der Waals surface area contributed by atoms with Crippen molar-refractivity contribution in [2.45, 2.75) is 44.7 Å². The number of aryl methyl sites for hydroxylation is 1. The highest BCUT2D eigenvalue weighted by Gasteiger charge is 2.42. The largest absolute Gasteiger partial charge is 0.323 e. The van der Waals surface area contributed by atoms with Gasteiger partial charge in [-0.05, 0) is 50.2 Å². The zero-order valence-corrected chi connectivity index (χ0v) is 28.9. The lowest BCUT2D eigenvalue weighted by atomic mass is 9.77. The van der Waals surface area contributed by atoms with Crippen LogP contribution in [-0.2, 0) is 18.5 Å². The van der Waals surface area contributed by atoms with E-state index in [0.29, 0.717) is 5.82 Å². The maximum Gasteiger partial charge on any atom is 0.184 e. The minimum absolute atomic E-state index is 0.691. The number of hydrogen-bond acceptors (Lipinski definition) is 5. The summed E-state index contributed by atoms with van der Waals surface area (Å²) in [7, 11) is 0.